The summed E-state index contributed by atoms with van der Waals surface area (Å²) in [6, 6.07) is 0. The van der Waals surface area contributed by atoms with E-state index in [2.05, 4.69) is 0 Å². The van der Waals surface area contributed by atoms with E-state index in [0.717, 1.165) is 54.1 Å². The highest BCUT2D eigenvalue weighted by Gasteiger charge is 3.36. The van der Waals surface area contributed by atoms with Gasteiger partial charge in [-0.15, -0.1) is 0 Å². The number of rotatable bonds is 0. The fourth-order valence-corrected chi connectivity index (χ4v) is 32.3. The predicted octanol–water partition coefficient (Wildman–Crippen LogP) is 4.27. The molecule has 22 fully saturated rings. The van der Waals surface area contributed by atoms with Crippen molar-refractivity contribution in [3.05, 3.63) is 0 Å². The van der Waals surface area contributed by atoms with Gasteiger partial charge >= 0.3 is 0 Å². The normalized spacial score (nSPS) is 122. The van der Waals surface area contributed by atoms with Crippen molar-refractivity contribution >= 4 is 0 Å². The van der Waals surface area contributed by atoms with Crippen molar-refractivity contribution in [3.8, 4) is 0 Å². The minimum absolute atomic E-state index is 1.08. The summed E-state index contributed by atoms with van der Waals surface area (Å²) in [7, 11) is 0. The molecule has 22 aliphatic rings. The Morgan fingerprint density at radius 2 is 0.472 bits per heavy atom. The zero-order chi connectivity index (χ0) is 20.5. The summed E-state index contributed by atoms with van der Waals surface area (Å²) in [5.74, 6) is 29.9. The molecule has 0 aromatic heterocycles. The van der Waals surface area contributed by atoms with Gasteiger partial charge in [0.2, 0.25) is 0 Å². The molecule has 0 heterocycles. The summed E-state index contributed by atoms with van der Waals surface area (Å²) >= 11 is 0. The van der Waals surface area contributed by atoms with Crippen LogP contribution in [0.25, 0.3) is 0 Å². The van der Waals surface area contributed by atoms with Crippen molar-refractivity contribution < 1.29 is 0 Å². The van der Waals surface area contributed by atoms with E-state index in [9.17, 15) is 0 Å². The third-order valence-electron chi connectivity index (χ3n) is 27.7. The Kier molecular flexibility index (Phi) is 0.903. The van der Waals surface area contributed by atoms with Gasteiger partial charge < -0.3 is 0 Å². The van der Waals surface area contributed by atoms with Gasteiger partial charge in [-0.1, -0.05) is 0 Å². The lowest BCUT2D eigenvalue weighted by Gasteiger charge is -3.37. The standard InChI is InChI=1S/C36H30/c1-5-2-8-12-16-20-25-26-22-18-14-10-4-6-3-9-13-17-21-24-23-19-15-11-7(1)27(5,8)29(11,12)31(15,16)33(19,20)35(23,25)36(24,26)34(21,22)32(17,18)30(13,14)28(6,9)10/h5-26H,1-4H2. The van der Waals surface area contributed by atoms with Gasteiger partial charge in [0, 0.05) is 0 Å². The van der Waals surface area contributed by atoms with Gasteiger partial charge in [0.25, 0.3) is 0 Å². The Labute approximate surface area is 209 Å². The van der Waals surface area contributed by atoms with Crippen LogP contribution in [0.2, 0.25) is 0 Å². The van der Waals surface area contributed by atoms with Gasteiger partial charge in [0.05, 0.1) is 0 Å². The first-order valence-corrected chi connectivity index (χ1v) is 17.9. The molecule has 20 atom stereocenters. The molecule has 0 aromatic carbocycles. The summed E-state index contributed by atoms with van der Waals surface area (Å²) in [6.07, 6.45) is 7.00. The highest BCUT2D eigenvalue weighted by atomic mass is 15.4. The molecule has 0 nitrogen and oxygen atoms in total. The van der Waals surface area contributed by atoms with Crippen LogP contribution in [0.3, 0.4) is 0 Å². The molecule has 20 unspecified atom stereocenters. The van der Waals surface area contributed by atoms with E-state index in [1.807, 2.05) is 0 Å². The second-order valence-electron chi connectivity index (χ2n) is 22.0. The lowest BCUT2D eigenvalue weighted by atomic mass is 8.66. The molecule has 0 radical (unpaired) electrons. The minimum Gasteiger partial charge on any atom is -0.0461 e. The fraction of sp³-hybridized carbons (Fsp3) is 1.00. The summed E-state index contributed by atoms with van der Waals surface area (Å²) in [5.41, 5.74) is 10.9. The molecule has 22 saturated carbocycles. The minimum atomic E-state index is 1.08. The molecule has 0 aromatic rings. The molecule has 36 heavy (non-hydrogen) atoms. The molecule has 0 saturated heterocycles. The number of fused-ring (bicyclic) bond motifs is 18. The highest BCUT2D eigenvalue weighted by Crippen LogP contribution is 3.38. The third-order valence-corrected chi connectivity index (χ3v) is 27.7. The Balaban J connectivity index is 0.848. The van der Waals surface area contributed by atoms with Crippen molar-refractivity contribution in [1.29, 1.82) is 0 Å². The second kappa shape index (κ2) is 2.39. The molecule has 10 spiro atoms. The van der Waals surface area contributed by atoms with Crippen LogP contribution in [0, 0.1) is 184 Å². The fourth-order valence-electron chi connectivity index (χ4n) is 32.3. The second-order valence-corrected chi connectivity index (χ2v) is 22.0. The molecular formula is C36H30. The smallest absolute Gasteiger partial charge is 0.00932 e. The molecule has 0 amide bonds. The van der Waals surface area contributed by atoms with E-state index < -0.39 is 0 Å². The van der Waals surface area contributed by atoms with Gasteiger partial charge in [-0.25, -0.2) is 0 Å². The Hall–Kier alpha value is 0. The highest BCUT2D eigenvalue weighted by molar-refractivity contribution is 5.82. The van der Waals surface area contributed by atoms with Crippen LogP contribution in [0.15, 0.2) is 0 Å². The van der Waals surface area contributed by atoms with Gasteiger partial charge in [0.1, 0.15) is 0 Å². The Morgan fingerprint density at radius 1 is 0.250 bits per heavy atom. The van der Waals surface area contributed by atoms with Crippen molar-refractivity contribution in [2.24, 2.45) is 184 Å². The molecule has 0 bridgehead atoms. The maximum absolute atomic E-state index is 1.75. The maximum Gasteiger partial charge on any atom is -0.00932 e. The van der Waals surface area contributed by atoms with E-state index in [1.54, 1.807) is 25.7 Å². The van der Waals surface area contributed by atoms with Gasteiger partial charge in [0.15, 0.2) is 0 Å². The average Bonchev–Trinajstić information content (AvgIpc) is 2.74. The molecule has 174 valence electrons. The quantitative estimate of drug-likeness (QED) is 0.505. The van der Waals surface area contributed by atoms with Gasteiger partial charge in [-0.2, -0.15) is 0 Å². The molecule has 0 aliphatic heterocycles. The zero-order valence-electron chi connectivity index (χ0n) is 20.5. The number of hydrogen-bond acceptors (Lipinski definition) is 0. The third kappa shape index (κ3) is 0.409. The average molecular weight is 463 g/mol. The first-order valence-electron chi connectivity index (χ1n) is 17.9. The topological polar surface area (TPSA) is 0 Å². The SMILES string of the molecule is C1C2CC3C4C5C6C7C8C9C%10C%11C%12CC%13CC%14C%15C%16C%17C%18C%19C%20C%21C%22C1C23C%224C%215C%206C%197C%188C%179C%16%10C%15%11C%13%14%12. The first kappa shape index (κ1) is 13.6. The van der Waals surface area contributed by atoms with E-state index in [-0.39, 0.29) is 0 Å². The van der Waals surface area contributed by atoms with Crippen LogP contribution in [0.1, 0.15) is 25.7 Å². The van der Waals surface area contributed by atoms with Crippen LogP contribution < -0.4 is 0 Å². The van der Waals surface area contributed by atoms with Crippen LogP contribution in [0.5, 0.6) is 0 Å². The van der Waals surface area contributed by atoms with Crippen LogP contribution in [0.4, 0.5) is 0 Å². The molecule has 0 N–H and O–H groups in total. The van der Waals surface area contributed by atoms with Crippen molar-refractivity contribution in [1.82, 2.24) is 0 Å². The monoisotopic (exact) mass is 462 g/mol. The zero-order valence-corrected chi connectivity index (χ0v) is 20.5. The van der Waals surface area contributed by atoms with Crippen LogP contribution >= 0.6 is 0 Å². The number of hydrogen-bond donors (Lipinski definition) is 0. The lowest BCUT2D eigenvalue weighted by molar-refractivity contribution is -0.920. The summed E-state index contributed by atoms with van der Waals surface area (Å²) in [6.45, 7) is 0. The van der Waals surface area contributed by atoms with E-state index in [1.165, 1.54) is 130 Å². The first-order chi connectivity index (χ1) is 17.9. The molecule has 22 aliphatic carbocycles. The van der Waals surface area contributed by atoms with Crippen LogP contribution in [-0.2, 0) is 0 Å². The van der Waals surface area contributed by atoms with Gasteiger partial charge in [-0.3, -0.25) is 0 Å². The molecular weight excluding hydrogens is 432 g/mol. The van der Waals surface area contributed by atoms with Crippen molar-refractivity contribution in [2.45, 2.75) is 25.7 Å². The summed E-state index contributed by atoms with van der Waals surface area (Å²) in [4.78, 5) is 0. The van der Waals surface area contributed by atoms with E-state index in [0.29, 0.717) is 0 Å². The Bertz CT molecular complexity index is 1590. The van der Waals surface area contributed by atoms with E-state index in [4.69, 9.17) is 0 Å². The largest absolute Gasteiger partial charge is 0.0461 e. The summed E-state index contributed by atoms with van der Waals surface area (Å²) < 4.78 is 0. The molecule has 0 heteroatoms. The predicted molar refractivity (Wildman–Crippen MR) is 120 cm³/mol. The van der Waals surface area contributed by atoms with Crippen molar-refractivity contribution in [3.63, 3.8) is 0 Å². The van der Waals surface area contributed by atoms with Gasteiger partial charge in [-0.05, 0) is 210 Å². The molecule has 22 rings (SSSR count). The maximum atomic E-state index is 1.75. The lowest BCUT2D eigenvalue weighted by Crippen LogP contribution is -3.35. The van der Waals surface area contributed by atoms with Crippen molar-refractivity contribution in [2.75, 3.05) is 0 Å². The Morgan fingerprint density at radius 3 is 0.722 bits per heavy atom. The van der Waals surface area contributed by atoms with Crippen LogP contribution in [-0.4, -0.2) is 0 Å². The van der Waals surface area contributed by atoms with E-state index >= 15 is 0 Å². The summed E-state index contributed by atoms with van der Waals surface area (Å²) in [5, 5.41) is 0.